The van der Waals surface area contributed by atoms with Gasteiger partial charge in [-0.1, -0.05) is 13.8 Å². The fourth-order valence-electron chi connectivity index (χ4n) is 1.36. The molecule has 0 saturated heterocycles. The van der Waals surface area contributed by atoms with Crippen LogP contribution in [0.5, 0.6) is 0 Å². The highest BCUT2D eigenvalue weighted by Crippen LogP contribution is 2.20. The molecule has 0 atom stereocenters. The van der Waals surface area contributed by atoms with E-state index >= 15 is 0 Å². The van der Waals surface area contributed by atoms with Crippen molar-refractivity contribution in [3.63, 3.8) is 0 Å². The molecular formula is C11H20N2O3S2. The van der Waals surface area contributed by atoms with Gasteiger partial charge in [0.2, 0.25) is 10.0 Å². The van der Waals surface area contributed by atoms with Gasteiger partial charge in [-0.3, -0.25) is 0 Å². The van der Waals surface area contributed by atoms with Crippen LogP contribution in [0.3, 0.4) is 0 Å². The van der Waals surface area contributed by atoms with Gasteiger partial charge >= 0.3 is 0 Å². The van der Waals surface area contributed by atoms with Crippen LogP contribution in [0, 0.1) is 5.92 Å². The highest BCUT2D eigenvalue weighted by atomic mass is 32.2. The molecule has 3 N–H and O–H groups in total. The van der Waals surface area contributed by atoms with Crippen molar-refractivity contribution in [1.29, 1.82) is 0 Å². The maximum atomic E-state index is 12.0. The fraction of sp³-hybridized carbons (Fsp3) is 0.636. The maximum absolute atomic E-state index is 12.0. The van der Waals surface area contributed by atoms with E-state index in [4.69, 9.17) is 10.5 Å². The molecule has 0 bridgehead atoms. The Kier molecular flexibility index (Phi) is 6.24. The monoisotopic (exact) mass is 292 g/mol. The second kappa shape index (κ2) is 7.20. The molecular weight excluding hydrogens is 272 g/mol. The van der Waals surface area contributed by atoms with E-state index in [2.05, 4.69) is 4.72 Å². The third-order valence-corrected chi connectivity index (χ3v) is 4.79. The Morgan fingerprint density at radius 3 is 2.83 bits per heavy atom. The van der Waals surface area contributed by atoms with Gasteiger partial charge in [-0.05, 0) is 17.4 Å². The summed E-state index contributed by atoms with van der Waals surface area (Å²) in [7, 11) is -3.46. The third kappa shape index (κ3) is 4.66. The normalized spacial score (nSPS) is 12.2. The molecule has 0 aliphatic rings. The number of nitrogens with two attached hydrogens (primary N) is 1. The minimum absolute atomic E-state index is 0.234. The number of ether oxygens (including phenoxy) is 1. The van der Waals surface area contributed by atoms with Crippen LogP contribution >= 0.6 is 11.3 Å². The molecule has 0 aromatic carbocycles. The summed E-state index contributed by atoms with van der Waals surface area (Å²) in [5.41, 5.74) is 5.49. The summed E-state index contributed by atoms with van der Waals surface area (Å²) < 4.78 is 31.7. The zero-order valence-corrected chi connectivity index (χ0v) is 12.3. The first-order valence-electron chi connectivity index (χ1n) is 5.81. The third-order valence-electron chi connectivity index (χ3n) is 2.17. The lowest BCUT2D eigenvalue weighted by Crippen LogP contribution is -2.28. The van der Waals surface area contributed by atoms with Crippen molar-refractivity contribution in [2.24, 2.45) is 11.7 Å². The van der Waals surface area contributed by atoms with Gasteiger partial charge < -0.3 is 10.5 Å². The summed E-state index contributed by atoms with van der Waals surface area (Å²) in [6, 6.07) is 1.57. The minimum atomic E-state index is -3.46. The Morgan fingerprint density at radius 1 is 1.50 bits per heavy atom. The molecule has 18 heavy (non-hydrogen) atoms. The van der Waals surface area contributed by atoms with E-state index in [1.165, 1.54) is 11.3 Å². The van der Waals surface area contributed by atoms with E-state index in [9.17, 15) is 8.42 Å². The summed E-state index contributed by atoms with van der Waals surface area (Å²) >= 11 is 1.35. The standard InChI is InChI=1S/C11H20N2O3S2/c1-9(2)8-16-5-4-13-18(14,15)11-3-6-17-10(11)7-12/h3,6,9,13H,4-5,7-8,12H2,1-2H3. The highest BCUT2D eigenvalue weighted by Gasteiger charge is 2.18. The van der Waals surface area contributed by atoms with Gasteiger partial charge in [0.05, 0.1) is 11.5 Å². The number of hydrogen-bond acceptors (Lipinski definition) is 5. The average Bonchev–Trinajstić information content (AvgIpc) is 2.76. The molecule has 0 amide bonds. The van der Waals surface area contributed by atoms with Crippen LogP contribution in [-0.2, 0) is 21.3 Å². The van der Waals surface area contributed by atoms with Crippen molar-refractivity contribution >= 4 is 21.4 Å². The van der Waals surface area contributed by atoms with E-state index in [-0.39, 0.29) is 18.0 Å². The quantitative estimate of drug-likeness (QED) is 0.704. The van der Waals surface area contributed by atoms with Crippen LogP contribution in [0.4, 0.5) is 0 Å². The summed E-state index contributed by atoms with van der Waals surface area (Å²) in [5, 5.41) is 1.73. The molecule has 7 heteroatoms. The molecule has 0 fully saturated rings. The Labute approximate surface area is 112 Å². The van der Waals surface area contributed by atoms with Gasteiger partial charge in [-0.15, -0.1) is 11.3 Å². The van der Waals surface area contributed by atoms with Crippen molar-refractivity contribution in [3.05, 3.63) is 16.3 Å². The van der Waals surface area contributed by atoms with Gasteiger partial charge in [-0.2, -0.15) is 0 Å². The number of sulfonamides is 1. The molecule has 0 aliphatic carbocycles. The Bertz CT molecular complexity index is 455. The lowest BCUT2D eigenvalue weighted by atomic mass is 10.2. The average molecular weight is 292 g/mol. The van der Waals surface area contributed by atoms with Crippen molar-refractivity contribution in [2.45, 2.75) is 25.3 Å². The molecule has 0 spiro atoms. The lowest BCUT2D eigenvalue weighted by molar-refractivity contribution is 0.114. The molecule has 104 valence electrons. The minimum Gasteiger partial charge on any atom is -0.380 e. The molecule has 1 rings (SSSR count). The van der Waals surface area contributed by atoms with E-state index in [1.54, 1.807) is 11.4 Å². The summed E-state index contributed by atoms with van der Waals surface area (Å²) in [6.45, 7) is 5.60. The lowest BCUT2D eigenvalue weighted by Gasteiger charge is -2.09. The van der Waals surface area contributed by atoms with Crippen LogP contribution < -0.4 is 10.5 Å². The van der Waals surface area contributed by atoms with Gasteiger partial charge in [0.25, 0.3) is 0 Å². The van der Waals surface area contributed by atoms with Crippen LogP contribution in [-0.4, -0.2) is 28.2 Å². The molecule has 1 heterocycles. The summed E-state index contributed by atoms with van der Waals surface area (Å²) in [5.74, 6) is 0.447. The first-order valence-corrected chi connectivity index (χ1v) is 8.17. The second-order valence-electron chi connectivity index (χ2n) is 4.28. The fourth-order valence-corrected chi connectivity index (χ4v) is 3.71. The first kappa shape index (κ1) is 15.6. The van der Waals surface area contributed by atoms with E-state index in [0.717, 1.165) is 0 Å². The van der Waals surface area contributed by atoms with E-state index < -0.39 is 10.0 Å². The number of hydrogen-bond donors (Lipinski definition) is 2. The molecule has 5 nitrogen and oxygen atoms in total. The van der Waals surface area contributed by atoms with Crippen LogP contribution in [0.2, 0.25) is 0 Å². The summed E-state index contributed by atoms with van der Waals surface area (Å²) in [6.07, 6.45) is 0. The predicted molar refractivity (Wildman–Crippen MR) is 73.1 cm³/mol. The van der Waals surface area contributed by atoms with E-state index in [1.807, 2.05) is 13.8 Å². The van der Waals surface area contributed by atoms with Gasteiger partial charge in [0.1, 0.15) is 0 Å². The number of thiophene rings is 1. The number of nitrogens with one attached hydrogen (secondary N) is 1. The Hall–Kier alpha value is -0.470. The van der Waals surface area contributed by atoms with Gasteiger partial charge in [0.15, 0.2) is 0 Å². The second-order valence-corrected chi connectivity index (χ2v) is 7.01. The molecule has 0 radical (unpaired) electrons. The van der Waals surface area contributed by atoms with Crippen LogP contribution in [0.15, 0.2) is 16.3 Å². The molecule has 1 aromatic rings. The number of rotatable bonds is 8. The maximum Gasteiger partial charge on any atom is 0.241 e. The smallest absolute Gasteiger partial charge is 0.241 e. The first-order chi connectivity index (χ1) is 8.47. The van der Waals surface area contributed by atoms with Crippen molar-refractivity contribution in [1.82, 2.24) is 4.72 Å². The SMILES string of the molecule is CC(C)COCCNS(=O)(=O)c1ccsc1CN. The Balaban J connectivity index is 2.46. The van der Waals surface area contributed by atoms with Crippen LogP contribution in [0.25, 0.3) is 0 Å². The summed E-state index contributed by atoms with van der Waals surface area (Å²) in [4.78, 5) is 0.949. The van der Waals surface area contributed by atoms with Crippen LogP contribution in [0.1, 0.15) is 18.7 Å². The predicted octanol–water partition coefficient (Wildman–Crippen LogP) is 1.16. The topological polar surface area (TPSA) is 81.4 Å². The molecule has 0 unspecified atom stereocenters. The van der Waals surface area contributed by atoms with Gasteiger partial charge in [0, 0.05) is 24.6 Å². The molecule has 0 aliphatic heterocycles. The van der Waals surface area contributed by atoms with Crippen molar-refractivity contribution in [2.75, 3.05) is 19.8 Å². The van der Waals surface area contributed by atoms with Crippen molar-refractivity contribution in [3.8, 4) is 0 Å². The van der Waals surface area contributed by atoms with E-state index in [0.29, 0.717) is 24.0 Å². The Morgan fingerprint density at radius 2 is 2.22 bits per heavy atom. The largest absolute Gasteiger partial charge is 0.380 e. The zero-order chi connectivity index (χ0) is 13.6. The highest BCUT2D eigenvalue weighted by molar-refractivity contribution is 7.89. The zero-order valence-electron chi connectivity index (χ0n) is 10.7. The van der Waals surface area contributed by atoms with Crippen molar-refractivity contribution < 1.29 is 13.2 Å². The molecule has 0 saturated carbocycles. The molecule has 1 aromatic heterocycles. The van der Waals surface area contributed by atoms with Gasteiger partial charge in [-0.25, -0.2) is 13.1 Å².